The summed E-state index contributed by atoms with van der Waals surface area (Å²) >= 11 is 0. The first-order chi connectivity index (χ1) is 5.88. The summed E-state index contributed by atoms with van der Waals surface area (Å²) in [5.74, 6) is -3.82. The number of rotatable bonds is 1. The number of hydrogen-bond acceptors (Lipinski definition) is 2. The molecule has 0 saturated carbocycles. The molecule has 0 aliphatic carbocycles. The normalized spacial score (nSPS) is 11.5. The maximum atomic E-state index is 12.3. The highest BCUT2D eigenvalue weighted by Gasteiger charge is 2.32. The lowest BCUT2D eigenvalue weighted by molar-refractivity contribution is -0.276. The molecule has 0 saturated heterocycles. The van der Waals surface area contributed by atoms with Gasteiger partial charge >= 0.3 is 6.36 Å². The Balaban J connectivity index is 2.86. The van der Waals surface area contributed by atoms with Crippen molar-refractivity contribution in [2.24, 2.45) is 0 Å². The minimum atomic E-state index is -4.96. The van der Waals surface area contributed by atoms with Crippen LogP contribution in [0.5, 0.6) is 5.88 Å². The SMILES string of the molecule is Fc1cnc(OC(F)(F)F)cc1F. The second kappa shape index (κ2) is 3.15. The molecule has 7 heteroatoms. The average Bonchev–Trinajstić information content (AvgIpc) is 1.94. The molecule has 1 aromatic rings. The van der Waals surface area contributed by atoms with Crippen molar-refractivity contribution in [3.8, 4) is 5.88 Å². The highest BCUT2D eigenvalue weighted by atomic mass is 19.4. The molecule has 1 rings (SSSR count). The molecule has 72 valence electrons. The maximum absolute atomic E-state index is 12.3. The molecular weight excluding hydrogens is 197 g/mol. The van der Waals surface area contributed by atoms with Gasteiger partial charge in [-0.1, -0.05) is 0 Å². The van der Waals surface area contributed by atoms with Crippen LogP contribution >= 0.6 is 0 Å². The molecule has 0 radical (unpaired) electrons. The second-order valence-electron chi connectivity index (χ2n) is 1.98. The van der Waals surface area contributed by atoms with Gasteiger partial charge in [-0.25, -0.2) is 13.8 Å². The molecule has 0 amide bonds. The van der Waals surface area contributed by atoms with E-state index in [1.807, 2.05) is 0 Å². The second-order valence-corrected chi connectivity index (χ2v) is 1.98. The number of aromatic nitrogens is 1. The molecule has 1 heterocycles. The van der Waals surface area contributed by atoms with Gasteiger partial charge in [-0.15, -0.1) is 13.2 Å². The monoisotopic (exact) mass is 199 g/mol. The Hall–Kier alpha value is -1.40. The first-order valence-electron chi connectivity index (χ1n) is 2.95. The number of ether oxygens (including phenoxy) is 1. The van der Waals surface area contributed by atoms with Crippen LogP contribution in [0.4, 0.5) is 22.0 Å². The van der Waals surface area contributed by atoms with Crippen LogP contribution < -0.4 is 4.74 Å². The Morgan fingerprint density at radius 1 is 1.15 bits per heavy atom. The Labute approximate surface area is 69.0 Å². The van der Waals surface area contributed by atoms with Crippen LogP contribution in [0.15, 0.2) is 12.3 Å². The van der Waals surface area contributed by atoms with Crippen LogP contribution in [0, 0.1) is 11.6 Å². The van der Waals surface area contributed by atoms with E-state index in [4.69, 9.17) is 0 Å². The third-order valence-corrected chi connectivity index (χ3v) is 1.00. The summed E-state index contributed by atoms with van der Waals surface area (Å²) in [6, 6.07) is 0.211. The van der Waals surface area contributed by atoms with Crippen molar-refractivity contribution in [3.05, 3.63) is 23.9 Å². The van der Waals surface area contributed by atoms with Gasteiger partial charge in [-0.2, -0.15) is 0 Å². The van der Waals surface area contributed by atoms with Gasteiger partial charge in [0.05, 0.1) is 6.20 Å². The Morgan fingerprint density at radius 3 is 2.23 bits per heavy atom. The van der Waals surface area contributed by atoms with E-state index in [9.17, 15) is 22.0 Å². The third-order valence-electron chi connectivity index (χ3n) is 1.00. The number of alkyl halides is 3. The van der Waals surface area contributed by atoms with Crippen molar-refractivity contribution in [2.45, 2.75) is 6.36 Å². The zero-order chi connectivity index (χ0) is 10.1. The van der Waals surface area contributed by atoms with Crippen LogP contribution in [0.3, 0.4) is 0 Å². The summed E-state index contributed by atoms with van der Waals surface area (Å²) in [6.45, 7) is 0. The van der Waals surface area contributed by atoms with Crippen molar-refractivity contribution >= 4 is 0 Å². The molecule has 0 unspecified atom stereocenters. The third kappa shape index (κ3) is 2.85. The zero-order valence-electron chi connectivity index (χ0n) is 5.90. The molecule has 0 atom stereocenters. The first-order valence-corrected chi connectivity index (χ1v) is 2.95. The number of halogens is 5. The van der Waals surface area contributed by atoms with E-state index in [2.05, 4.69) is 9.72 Å². The molecule has 0 spiro atoms. The van der Waals surface area contributed by atoms with Crippen molar-refractivity contribution in [2.75, 3.05) is 0 Å². The number of hydrogen-bond donors (Lipinski definition) is 0. The topological polar surface area (TPSA) is 22.1 Å². The van der Waals surface area contributed by atoms with Gasteiger partial charge in [-0.05, 0) is 0 Å². The first kappa shape index (κ1) is 9.69. The molecule has 13 heavy (non-hydrogen) atoms. The summed E-state index contributed by atoms with van der Waals surface area (Å²) in [7, 11) is 0. The minimum Gasteiger partial charge on any atom is -0.388 e. The average molecular weight is 199 g/mol. The molecule has 0 aliphatic rings. The quantitative estimate of drug-likeness (QED) is 0.647. The maximum Gasteiger partial charge on any atom is 0.574 e. The van der Waals surface area contributed by atoms with Gasteiger partial charge in [0.15, 0.2) is 11.6 Å². The lowest BCUT2D eigenvalue weighted by Crippen LogP contribution is -2.18. The van der Waals surface area contributed by atoms with Gasteiger partial charge in [-0.3, -0.25) is 0 Å². The van der Waals surface area contributed by atoms with Gasteiger partial charge in [0.25, 0.3) is 0 Å². The van der Waals surface area contributed by atoms with Crippen molar-refractivity contribution in [3.63, 3.8) is 0 Å². The number of nitrogens with zero attached hydrogens (tertiary/aromatic N) is 1. The molecule has 0 aliphatic heterocycles. The predicted octanol–water partition coefficient (Wildman–Crippen LogP) is 2.26. The number of pyridine rings is 1. The van der Waals surface area contributed by atoms with Crippen LogP contribution in [0.25, 0.3) is 0 Å². The van der Waals surface area contributed by atoms with Crippen molar-refractivity contribution in [1.29, 1.82) is 0 Å². The van der Waals surface area contributed by atoms with E-state index in [0.29, 0.717) is 6.20 Å². The smallest absolute Gasteiger partial charge is 0.388 e. The van der Waals surface area contributed by atoms with Crippen LogP contribution in [-0.2, 0) is 0 Å². The summed E-state index contributed by atoms with van der Waals surface area (Å²) < 4.78 is 62.2. The van der Waals surface area contributed by atoms with Crippen molar-refractivity contribution < 1.29 is 26.7 Å². The van der Waals surface area contributed by atoms with Crippen molar-refractivity contribution in [1.82, 2.24) is 4.98 Å². The summed E-state index contributed by atoms with van der Waals surface area (Å²) in [4.78, 5) is 2.87. The van der Waals surface area contributed by atoms with Gasteiger partial charge < -0.3 is 4.74 Å². The van der Waals surface area contributed by atoms with Crippen LogP contribution in [-0.4, -0.2) is 11.3 Å². The van der Waals surface area contributed by atoms with Gasteiger partial charge in [0.1, 0.15) is 0 Å². The molecule has 0 N–H and O–H groups in total. The molecule has 0 aromatic carbocycles. The van der Waals surface area contributed by atoms with E-state index >= 15 is 0 Å². The van der Waals surface area contributed by atoms with E-state index in [0.717, 1.165) is 0 Å². The summed E-state index contributed by atoms with van der Waals surface area (Å²) in [5.41, 5.74) is 0. The Morgan fingerprint density at radius 2 is 1.77 bits per heavy atom. The Bertz CT molecular complexity index is 310. The fraction of sp³-hybridized carbons (Fsp3) is 0.167. The highest BCUT2D eigenvalue weighted by molar-refractivity contribution is 5.12. The van der Waals surface area contributed by atoms with Crippen LogP contribution in [0.2, 0.25) is 0 Å². The van der Waals surface area contributed by atoms with Gasteiger partial charge in [0, 0.05) is 6.07 Å². The fourth-order valence-electron chi connectivity index (χ4n) is 0.571. The largest absolute Gasteiger partial charge is 0.574 e. The molecule has 2 nitrogen and oxygen atoms in total. The van der Waals surface area contributed by atoms with E-state index < -0.39 is 23.9 Å². The van der Waals surface area contributed by atoms with Gasteiger partial charge in [0.2, 0.25) is 5.88 Å². The highest BCUT2D eigenvalue weighted by Crippen LogP contribution is 2.21. The Kier molecular flexibility index (Phi) is 2.35. The van der Waals surface area contributed by atoms with E-state index in [1.165, 1.54) is 0 Å². The standard InChI is InChI=1S/C6H2F5NO/c7-3-1-5(12-2-4(3)8)13-6(9,10)11/h1-2H. The molecule has 0 bridgehead atoms. The fourth-order valence-corrected chi connectivity index (χ4v) is 0.571. The minimum absolute atomic E-state index is 0.211. The summed E-state index contributed by atoms with van der Waals surface area (Å²) in [5, 5.41) is 0. The molecular formula is C6H2F5NO. The molecule has 0 fully saturated rings. The lowest BCUT2D eigenvalue weighted by Gasteiger charge is -2.06. The van der Waals surface area contributed by atoms with E-state index in [-0.39, 0.29) is 6.07 Å². The van der Waals surface area contributed by atoms with E-state index in [1.54, 1.807) is 0 Å². The lowest BCUT2D eigenvalue weighted by atomic mass is 10.4. The van der Waals surface area contributed by atoms with Crippen LogP contribution in [0.1, 0.15) is 0 Å². The predicted molar refractivity (Wildman–Crippen MR) is 30.8 cm³/mol. The zero-order valence-corrected chi connectivity index (χ0v) is 5.90. The summed E-state index contributed by atoms with van der Waals surface area (Å²) in [6.07, 6.45) is -4.66. The molecule has 1 aromatic heterocycles.